The van der Waals surface area contributed by atoms with Crippen molar-refractivity contribution in [3.8, 4) is 0 Å². The van der Waals surface area contributed by atoms with E-state index in [1.165, 1.54) is 11.6 Å². The number of benzene rings is 2. The van der Waals surface area contributed by atoms with Crippen LogP contribution in [0.3, 0.4) is 0 Å². The van der Waals surface area contributed by atoms with Crippen LogP contribution in [-0.4, -0.2) is 37.1 Å². The van der Waals surface area contributed by atoms with Crippen LogP contribution in [0.4, 0.5) is 4.39 Å². The Balaban J connectivity index is 1.51. The van der Waals surface area contributed by atoms with Crippen LogP contribution >= 0.6 is 0 Å². The molecule has 0 saturated carbocycles. The van der Waals surface area contributed by atoms with Gasteiger partial charge in [0.05, 0.1) is 19.6 Å². The molecule has 1 N–H and O–H groups in total. The van der Waals surface area contributed by atoms with E-state index in [4.69, 9.17) is 4.74 Å². The fourth-order valence-electron chi connectivity index (χ4n) is 2.93. The van der Waals surface area contributed by atoms with Crippen molar-refractivity contribution in [2.24, 2.45) is 0 Å². The molecule has 1 saturated heterocycles. The molecular weight excluding hydrogens is 319 g/mol. The van der Waals surface area contributed by atoms with Gasteiger partial charge in [-0.3, -0.25) is 9.69 Å². The van der Waals surface area contributed by atoms with Crippen molar-refractivity contribution in [3.05, 3.63) is 71.0 Å². The number of halogens is 1. The number of nitrogens with one attached hydrogen (secondary N) is 1. The van der Waals surface area contributed by atoms with Crippen LogP contribution in [0.1, 0.15) is 16.7 Å². The summed E-state index contributed by atoms with van der Waals surface area (Å²) in [5.74, 6) is -0.520. The number of carbonyl (C=O) groups is 1. The molecule has 0 radical (unpaired) electrons. The first-order valence-electron chi connectivity index (χ1n) is 8.59. The zero-order valence-electron chi connectivity index (χ0n) is 14.2. The van der Waals surface area contributed by atoms with Crippen LogP contribution in [0, 0.1) is 5.82 Å². The smallest absolute Gasteiger partial charge is 0.224 e. The second-order valence-electron chi connectivity index (χ2n) is 6.25. The summed E-state index contributed by atoms with van der Waals surface area (Å²) in [7, 11) is 0. The van der Waals surface area contributed by atoms with Gasteiger partial charge in [-0.2, -0.15) is 0 Å². The monoisotopic (exact) mass is 342 g/mol. The van der Waals surface area contributed by atoms with E-state index < -0.39 is 0 Å². The molecule has 3 rings (SSSR count). The molecule has 1 fully saturated rings. The molecule has 0 aromatic heterocycles. The zero-order chi connectivity index (χ0) is 17.5. The summed E-state index contributed by atoms with van der Waals surface area (Å²) >= 11 is 0. The van der Waals surface area contributed by atoms with Crippen molar-refractivity contribution < 1.29 is 13.9 Å². The second-order valence-corrected chi connectivity index (χ2v) is 6.25. The quantitative estimate of drug-likeness (QED) is 0.877. The highest BCUT2D eigenvalue weighted by molar-refractivity contribution is 5.78. The van der Waals surface area contributed by atoms with Crippen molar-refractivity contribution >= 4 is 5.91 Å². The van der Waals surface area contributed by atoms with Crippen LogP contribution in [-0.2, 0) is 29.0 Å². The van der Waals surface area contributed by atoms with Gasteiger partial charge in [0, 0.05) is 26.2 Å². The summed E-state index contributed by atoms with van der Waals surface area (Å²) in [6.45, 7) is 4.80. The lowest BCUT2D eigenvalue weighted by Gasteiger charge is -2.26. The first-order chi connectivity index (χ1) is 12.2. The molecule has 0 atom stereocenters. The summed E-state index contributed by atoms with van der Waals surface area (Å²) in [5.41, 5.74) is 2.69. The molecule has 2 aromatic rings. The van der Waals surface area contributed by atoms with Crippen LogP contribution < -0.4 is 5.32 Å². The Hall–Kier alpha value is -2.24. The van der Waals surface area contributed by atoms with Gasteiger partial charge in [0.15, 0.2) is 0 Å². The van der Waals surface area contributed by atoms with Crippen LogP contribution in [0.15, 0.2) is 48.5 Å². The Morgan fingerprint density at radius 3 is 2.64 bits per heavy atom. The maximum atomic E-state index is 13.6. The van der Waals surface area contributed by atoms with Gasteiger partial charge < -0.3 is 10.1 Å². The number of nitrogens with zero attached hydrogens (tertiary/aromatic N) is 1. The Kier molecular flexibility index (Phi) is 6.14. The standard InChI is InChI=1S/C20H23FN2O2/c21-19-7-2-1-6-18(19)13-20(24)22-14-16-4-3-5-17(12-16)15-23-8-10-25-11-9-23/h1-7,12H,8-11,13-15H2,(H,22,24). The fourth-order valence-corrected chi connectivity index (χ4v) is 2.93. The Morgan fingerprint density at radius 2 is 1.84 bits per heavy atom. The van der Waals surface area contributed by atoms with E-state index in [-0.39, 0.29) is 18.1 Å². The van der Waals surface area contributed by atoms with E-state index in [1.54, 1.807) is 18.2 Å². The van der Waals surface area contributed by atoms with Crippen molar-refractivity contribution in [3.63, 3.8) is 0 Å². The molecule has 5 heteroatoms. The lowest BCUT2D eigenvalue weighted by atomic mass is 10.1. The summed E-state index contributed by atoms with van der Waals surface area (Å²) < 4.78 is 19.0. The SMILES string of the molecule is O=C(Cc1ccccc1F)NCc1cccc(CN2CCOCC2)c1. The van der Waals surface area contributed by atoms with Crippen molar-refractivity contribution in [2.75, 3.05) is 26.3 Å². The summed E-state index contributed by atoms with van der Waals surface area (Å²) in [6.07, 6.45) is 0.0557. The lowest BCUT2D eigenvalue weighted by molar-refractivity contribution is -0.120. The molecular formula is C20H23FN2O2. The molecule has 1 heterocycles. The van der Waals surface area contributed by atoms with Gasteiger partial charge in [-0.15, -0.1) is 0 Å². The van der Waals surface area contributed by atoms with Gasteiger partial charge in [-0.05, 0) is 22.8 Å². The van der Waals surface area contributed by atoms with E-state index in [2.05, 4.69) is 22.3 Å². The Bertz CT molecular complexity index is 714. The number of hydrogen-bond acceptors (Lipinski definition) is 3. The third-order valence-corrected chi connectivity index (χ3v) is 4.30. The van der Waals surface area contributed by atoms with Gasteiger partial charge in [0.2, 0.25) is 5.91 Å². The van der Waals surface area contributed by atoms with Crippen LogP contribution in [0.25, 0.3) is 0 Å². The predicted molar refractivity (Wildman–Crippen MR) is 94.5 cm³/mol. The fraction of sp³-hybridized carbons (Fsp3) is 0.350. The van der Waals surface area contributed by atoms with Gasteiger partial charge in [0.25, 0.3) is 0 Å². The maximum absolute atomic E-state index is 13.6. The predicted octanol–water partition coefficient (Wildman–Crippen LogP) is 2.52. The van der Waals surface area contributed by atoms with E-state index in [1.807, 2.05) is 12.1 Å². The molecule has 4 nitrogen and oxygen atoms in total. The minimum absolute atomic E-state index is 0.0557. The van der Waals surface area contributed by atoms with Crippen LogP contribution in [0.5, 0.6) is 0 Å². The highest BCUT2D eigenvalue weighted by Gasteiger charge is 2.11. The van der Waals surface area contributed by atoms with Crippen molar-refractivity contribution in [1.29, 1.82) is 0 Å². The van der Waals surface area contributed by atoms with Crippen molar-refractivity contribution in [1.82, 2.24) is 10.2 Å². The molecule has 1 aliphatic rings. The van der Waals surface area contributed by atoms with Crippen molar-refractivity contribution in [2.45, 2.75) is 19.5 Å². The molecule has 25 heavy (non-hydrogen) atoms. The number of hydrogen-bond donors (Lipinski definition) is 1. The first kappa shape index (κ1) is 17.6. The second kappa shape index (κ2) is 8.74. The topological polar surface area (TPSA) is 41.6 Å². The minimum Gasteiger partial charge on any atom is -0.379 e. The van der Waals surface area contributed by atoms with E-state index in [0.717, 1.165) is 38.4 Å². The number of rotatable bonds is 6. The lowest BCUT2D eigenvalue weighted by Crippen LogP contribution is -2.35. The molecule has 0 spiro atoms. The molecule has 0 aliphatic carbocycles. The van der Waals surface area contributed by atoms with E-state index in [0.29, 0.717) is 12.1 Å². The Morgan fingerprint density at radius 1 is 1.08 bits per heavy atom. The third-order valence-electron chi connectivity index (χ3n) is 4.30. The molecule has 1 aliphatic heterocycles. The van der Waals surface area contributed by atoms with Gasteiger partial charge in [0.1, 0.15) is 5.82 Å². The molecule has 0 bridgehead atoms. The highest BCUT2D eigenvalue weighted by Crippen LogP contribution is 2.11. The van der Waals surface area contributed by atoms with E-state index in [9.17, 15) is 9.18 Å². The Labute approximate surface area is 147 Å². The molecule has 0 unspecified atom stereocenters. The summed E-state index contributed by atoms with van der Waals surface area (Å²) in [6, 6.07) is 14.6. The van der Waals surface area contributed by atoms with E-state index >= 15 is 0 Å². The molecule has 1 amide bonds. The maximum Gasteiger partial charge on any atom is 0.224 e. The zero-order valence-corrected chi connectivity index (χ0v) is 14.2. The highest BCUT2D eigenvalue weighted by atomic mass is 19.1. The summed E-state index contributed by atoms with van der Waals surface area (Å²) in [5, 5.41) is 2.87. The molecule has 132 valence electrons. The first-order valence-corrected chi connectivity index (χ1v) is 8.59. The average Bonchev–Trinajstić information content (AvgIpc) is 2.63. The third kappa shape index (κ3) is 5.37. The normalized spacial score (nSPS) is 15.1. The van der Waals surface area contributed by atoms with Gasteiger partial charge in [-0.25, -0.2) is 4.39 Å². The van der Waals surface area contributed by atoms with Crippen LogP contribution in [0.2, 0.25) is 0 Å². The minimum atomic E-state index is -0.342. The number of carbonyl (C=O) groups excluding carboxylic acids is 1. The molecule has 2 aromatic carbocycles. The van der Waals surface area contributed by atoms with Gasteiger partial charge >= 0.3 is 0 Å². The summed E-state index contributed by atoms with van der Waals surface area (Å²) in [4.78, 5) is 14.4. The van der Waals surface area contributed by atoms with Gasteiger partial charge in [-0.1, -0.05) is 42.5 Å². The average molecular weight is 342 g/mol. The number of amides is 1. The number of ether oxygens (including phenoxy) is 1. The number of morpholine rings is 1. The largest absolute Gasteiger partial charge is 0.379 e.